The van der Waals surface area contributed by atoms with Crippen molar-refractivity contribution >= 4 is 0 Å². The fourth-order valence-electron chi connectivity index (χ4n) is 5.73. The van der Waals surface area contributed by atoms with Gasteiger partial charge in [0, 0.05) is 25.7 Å². The SMILES string of the molecule is CCC1(C(OC(C2(CC)CCO2)C2(CC)CCO2)C2(CC)CCO2)CCO1. The van der Waals surface area contributed by atoms with Gasteiger partial charge in [-0.2, -0.15) is 0 Å². The lowest BCUT2D eigenvalue weighted by molar-refractivity contribution is -0.369. The average molecular weight is 383 g/mol. The molecule has 4 atom stereocenters. The van der Waals surface area contributed by atoms with Crippen LogP contribution in [0.15, 0.2) is 0 Å². The Kier molecular flexibility index (Phi) is 5.39. The van der Waals surface area contributed by atoms with Gasteiger partial charge in [0.1, 0.15) is 12.2 Å². The summed E-state index contributed by atoms with van der Waals surface area (Å²) in [5.41, 5.74) is -0.920. The quantitative estimate of drug-likeness (QED) is 0.571. The second kappa shape index (κ2) is 7.24. The van der Waals surface area contributed by atoms with E-state index in [-0.39, 0.29) is 34.6 Å². The third kappa shape index (κ3) is 2.83. The van der Waals surface area contributed by atoms with E-state index in [0.29, 0.717) is 0 Å². The number of rotatable bonds is 10. The van der Waals surface area contributed by atoms with Crippen LogP contribution in [0.3, 0.4) is 0 Å². The van der Waals surface area contributed by atoms with Gasteiger partial charge in [0.15, 0.2) is 0 Å². The van der Waals surface area contributed by atoms with Crippen LogP contribution < -0.4 is 0 Å². The molecule has 0 aromatic rings. The summed E-state index contributed by atoms with van der Waals surface area (Å²) in [4.78, 5) is 0. The molecule has 27 heavy (non-hydrogen) atoms. The maximum Gasteiger partial charge on any atom is 0.116 e. The Balaban J connectivity index is 1.68. The molecule has 0 aliphatic carbocycles. The topological polar surface area (TPSA) is 46.2 Å². The summed E-state index contributed by atoms with van der Waals surface area (Å²) in [6.45, 7) is 12.2. The van der Waals surface area contributed by atoms with Gasteiger partial charge in [0.25, 0.3) is 0 Å². The first kappa shape index (κ1) is 20.1. The molecule has 156 valence electrons. The van der Waals surface area contributed by atoms with Crippen molar-refractivity contribution in [3.8, 4) is 0 Å². The summed E-state index contributed by atoms with van der Waals surface area (Å²) in [6.07, 6.45) is 7.88. The molecule has 4 aliphatic heterocycles. The highest BCUT2D eigenvalue weighted by Crippen LogP contribution is 2.52. The molecule has 5 nitrogen and oxygen atoms in total. The summed E-state index contributed by atoms with van der Waals surface area (Å²) in [6, 6.07) is 0. The van der Waals surface area contributed by atoms with Crippen LogP contribution in [0.4, 0.5) is 0 Å². The van der Waals surface area contributed by atoms with E-state index in [2.05, 4.69) is 27.7 Å². The van der Waals surface area contributed by atoms with Crippen LogP contribution in [0.2, 0.25) is 0 Å². The minimum atomic E-state index is -0.230. The van der Waals surface area contributed by atoms with Crippen LogP contribution in [0.25, 0.3) is 0 Å². The Morgan fingerprint density at radius 3 is 0.889 bits per heavy atom. The summed E-state index contributed by atoms with van der Waals surface area (Å²) < 4.78 is 32.0. The van der Waals surface area contributed by atoms with E-state index in [1.807, 2.05) is 0 Å². The predicted molar refractivity (Wildman–Crippen MR) is 103 cm³/mol. The zero-order valence-corrected chi connectivity index (χ0v) is 17.7. The first-order chi connectivity index (χ1) is 13.0. The van der Waals surface area contributed by atoms with E-state index in [0.717, 1.165) is 77.8 Å². The van der Waals surface area contributed by atoms with E-state index in [1.54, 1.807) is 0 Å². The fraction of sp³-hybridized carbons (Fsp3) is 1.00. The van der Waals surface area contributed by atoms with Crippen molar-refractivity contribution in [2.45, 2.75) is 114 Å². The monoisotopic (exact) mass is 382 g/mol. The first-order valence-electron chi connectivity index (χ1n) is 11.3. The van der Waals surface area contributed by atoms with Gasteiger partial charge in [0.2, 0.25) is 0 Å². The highest BCUT2D eigenvalue weighted by Gasteiger charge is 2.64. The molecule has 4 unspecified atom stereocenters. The molecule has 4 fully saturated rings. The third-order valence-electron chi connectivity index (χ3n) is 8.24. The Labute approximate surface area is 164 Å². The standard InChI is InChI=1S/C22H38O5/c1-5-19(9-13-23-19)17(20(6-2)10-14-24-20)27-18(21(7-3)11-15-25-21)22(8-4)12-16-26-22/h17-18H,5-16H2,1-4H3. The first-order valence-corrected chi connectivity index (χ1v) is 11.3. The Hall–Kier alpha value is -0.200. The van der Waals surface area contributed by atoms with Crippen molar-refractivity contribution in [1.29, 1.82) is 0 Å². The predicted octanol–water partition coefficient (Wildman–Crippen LogP) is 4.02. The van der Waals surface area contributed by atoms with Gasteiger partial charge in [0.05, 0.1) is 48.8 Å². The molecule has 0 amide bonds. The molecule has 4 saturated heterocycles. The molecule has 0 aromatic carbocycles. The molecular weight excluding hydrogens is 344 g/mol. The minimum absolute atomic E-state index is 0.0623. The number of hydrogen-bond acceptors (Lipinski definition) is 5. The Morgan fingerprint density at radius 2 is 0.778 bits per heavy atom. The maximum absolute atomic E-state index is 7.14. The van der Waals surface area contributed by atoms with Crippen molar-refractivity contribution in [1.82, 2.24) is 0 Å². The van der Waals surface area contributed by atoms with E-state index < -0.39 is 0 Å². The molecule has 4 aliphatic rings. The van der Waals surface area contributed by atoms with Gasteiger partial charge >= 0.3 is 0 Å². The van der Waals surface area contributed by atoms with Crippen LogP contribution in [0, 0.1) is 0 Å². The largest absolute Gasteiger partial charge is 0.372 e. The van der Waals surface area contributed by atoms with Crippen molar-refractivity contribution < 1.29 is 23.7 Å². The van der Waals surface area contributed by atoms with Crippen molar-refractivity contribution in [2.75, 3.05) is 26.4 Å². The van der Waals surface area contributed by atoms with Crippen LogP contribution in [0.1, 0.15) is 79.1 Å². The molecule has 4 rings (SSSR count). The van der Waals surface area contributed by atoms with Crippen LogP contribution in [-0.4, -0.2) is 61.0 Å². The van der Waals surface area contributed by atoms with Crippen molar-refractivity contribution in [3.05, 3.63) is 0 Å². The van der Waals surface area contributed by atoms with E-state index in [4.69, 9.17) is 23.7 Å². The second-order valence-electron chi connectivity index (χ2n) is 8.96. The smallest absolute Gasteiger partial charge is 0.116 e. The normalized spacial score (nSPS) is 45.8. The number of hydrogen-bond donors (Lipinski definition) is 0. The van der Waals surface area contributed by atoms with Gasteiger partial charge in [-0.15, -0.1) is 0 Å². The molecular formula is C22H38O5. The molecule has 4 heterocycles. The van der Waals surface area contributed by atoms with Crippen molar-refractivity contribution in [2.24, 2.45) is 0 Å². The molecule has 0 spiro atoms. The van der Waals surface area contributed by atoms with Gasteiger partial charge in [-0.1, -0.05) is 27.7 Å². The van der Waals surface area contributed by atoms with Gasteiger partial charge in [-0.05, 0) is 25.7 Å². The lowest BCUT2D eigenvalue weighted by Gasteiger charge is -2.62. The molecule has 0 aromatic heterocycles. The number of ether oxygens (including phenoxy) is 5. The lowest BCUT2D eigenvalue weighted by atomic mass is 9.69. The van der Waals surface area contributed by atoms with Gasteiger partial charge < -0.3 is 23.7 Å². The van der Waals surface area contributed by atoms with Gasteiger partial charge in [-0.3, -0.25) is 0 Å². The highest BCUT2D eigenvalue weighted by molar-refractivity contribution is 5.13. The van der Waals surface area contributed by atoms with Crippen LogP contribution in [0.5, 0.6) is 0 Å². The summed E-state index contributed by atoms with van der Waals surface area (Å²) in [5.74, 6) is 0. The summed E-state index contributed by atoms with van der Waals surface area (Å²) in [7, 11) is 0. The average Bonchev–Trinajstić information content (AvgIpc) is 2.52. The minimum Gasteiger partial charge on any atom is -0.372 e. The van der Waals surface area contributed by atoms with E-state index in [1.165, 1.54) is 0 Å². The molecule has 5 heteroatoms. The molecule has 0 bridgehead atoms. The lowest BCUT2D eigenvalue weighted by Crippen LogP contribution is -2.73. The zero-order valence-electron chi connectivity index (χ0n) is 17.7. The molecule has 0 radical (unpaired) electrons. The maximum atomic E-state index is 7.14. The Morgan fingerprint density at radius 1 is 0.556 bits per heavy atom. The molecule has 0 saturated carbocycles. The summed E-state index contributed by atoms with van der Waals surface area (Å²) >= 11 is 0. The van der Waals surface area contributed by atoms with Crippen LogP contribution in [-0.2, 0) is 23.7 Å². The van der Waals surface area contributed by atoms with Gasteiger partial charge in [-0.25, -0.2) is 0 Å². The summed E-state index contributed by atoms with van der Waals surface area (Å²) in [5, 5.41) is 0. The zero-order chi connectivity index (χ0) is 19.2. The van der Waals surface area contributed by atoms with E-state index in [9.17, 15) is 0 Å². The highest BCUT2D eigenvalue weighted by atomic mass is 16.6. The van der Waals surface area contributed by atoms with Crippen LogP contribution >= 0.6 is 0 Å². The van der Waals surface area contributed by atoms with Crippen molar-refractivity contribution in [3.63, 3.8) is 0 Å². The molecule has 0 N–H and O–H groups in total. The fourth-order valence-corrected chi connectivity index (χ4v) is 5.73. The Bertz CT molecular complexity index is 405. The third-order valence-corrected chi connectivity index (χ3v) is 8.24. The second-order valence-corrected chi connectivity index (χ2v) is 8.96. The van der Waals surface area contributed by atoms with E-state index >= 15 is 0 Å².